The second kappa shape index (κ2) is 3.32. The number of nitrogens with zero attached hydrogens (tertiary/aromatic N) is 2. The van der Waals surface area contributed by atoms with E-state index in [9.17, 15) is 0 Å². The van der Waals surface area contributed by atoms with Gasteiger partial charge in [0.05, 0.1) is 10.6 Å². The molecular weight excluding hydrogens is 234 g/mol. The van der Waals surface area contributed by atoms with Crippen molar-refractivity contribution in [2.24, 2.45) is 5.41 Å². The van der Waals surface area contributed by atoms with E-state index in [-0.39, 0.29) is 0 Å². The average molecular weight is 249 g/mol. The Morgan fingerprint density at radius 2 is 2.24 bits per heavy atom. The van der Waals surface area contributed by atoms with E-state index >= 15 is 0 Å². The van der Waals surface area contributed by atoms with Gasteiger partial charge in [-0.25, -0.2) is 0 Å². The van der Waals surface area contributed by atoms with E-state index in [0.717, 1.165) is 27.7 Å². The molecular formula is C12H15N3OS. The first-order valence-electron chi connectivity index (χ1n) is 5.67. The maximum absolute atomic E-state index is 5.92. The molecule has 0 aromatic carbocycles. The van der Waals surface area contributed by atoms with Gasteiger partial charge in [-0.05, 0) is 24.8 Å². The Morgan fingerprint density at radius 3 is 2.76 bits per heavy atom. The zero-order valence-electron chi connectivity index (χ0n) is 10.2. The number of rotatable bonds is 2. The Bertz CT molecular complexity index is 570. The molecule has 1 saturated carbocycles. The molecule has 1 aliphatic rings. The fourth-order valence-corrected chi connectivity index (χ4v) is 2.87. The van der Waals surface area contributed by atoms with E-state index in [0.29, 0.717) is 17.2 Å². The molecule has 1 fully saturated rings. The number of anilines is 1. The largest absolute Gasteiger partial charge is 0.390 e. The van der Waals surface area contributed by atoms with Crippen molar-refractivity contribution >= 4 is 16.3 Å². The molecule has 0 bridgehead atoms. The highest BCUT2D eigenvalue weighted by Gasteiger charge is 2.49. The van der Waals surface area contributed by atoms with Crippen LogP contribution in [0.25, 0.3) is 11.5 Å². The van der Waals surface area contributed by atoms with Gasteiger partial charge in [0.2, 0.25) is 0 Å². The predicted octanol–water partition coefficient (Wildman–Crippen LogP) is 3.20. The van der Waals surface area contributed by atoms with Crippen molar-refractivity contribution < 1.29 is 4.52 Å². The first-order chi connectivity index (χ1) is 7.97. The summed E-state index contributed by atoms with van der Waals surface area (Å²) >= 11 is 1.55. The summed E-state index contributed by atoms with van der Waals surface area (Å²) in [5.41, 5.74) is 7.10. The third kappa shape index (κ3) is 1.74. The lowest BCUT2D eigenvalue weighted by molar-refractivity contribution is 0.419. The average Bonchev–Trinajstić information content (AvgIpc) is 2.67. The lowest BCUT2D eigenvalue weighted by atomic mass is 10.1. The van der Waals surface area contributed by atoms with Gasteiger partial charge < -0.3 is 10.3 Å². The van der Waals surface area contributed by atoms with Gasteiger partial charge in [-0.1, -0.05) is 19.0 Å². The van der Waals surface area contributed by atoms with Gasteiger partial charge in [-0.2, -0.15) is 4.98 Å². The normalized spacial score (nSPS) is 21.7. The van der Waals surface area contributed by atoms with Crippen LogP contribution in [0.3, 0.4) is 0 Å². The van der Waals surface area contributed by atoms with Crippen LogP contribution in [-0.4, -0.2) is 10.1 Å². The van der Waals surface area contributed by atoms with E-state index < -0.39 is 0 Å². The molecule has 90 valence electrons. The number of nitrogens with two attached hydrogens (primary N) is 1. The fourth-order valence-electron chi connectivity index (χ4n) is 2.09. The summed E-state index contributed by atoms with van der Waals surface area (Å²) in [4.78, 5) is 5.62. The molecule has 5 heteroatoms. The van der Waals surface area contributed by atoms with Gasteiger partial charge in [0.1, 0.15) is 0 Å². The van der Waals surface area contributed by atoms with Gasteiger partial charge in [0, 0.05) is 10.8 Å². The Balaban J connectivity index is 1.93. The number of hydrogen-bond donors (Lipinski definition) is 1. The monoisotopic (exact) mass is 249 g/mol. The summed E-state index contributed by atoms with van der Waals surface area (Å²) in [6, 6.07) is 2.00. The van der Waals surface area contributed by atoms with Crippen LogP contribution in [-0.2, 0) is 0 Å². The summed E-state index contributed by atoms with van der Waals surface area (Å²) in [5, 5.41) is 4.81. The molecule has 1 unspecified atom stereocenters. The zero-order valence-corrected chi connectivity index (χ0v) is 11.0. The fraction of sp³-hybridized carbons (Fsp3) is 0.500. The Hall–Kier alpha value is -1.36. The molecule has 4 nitrogen and oxygen atoms in total. The number of hydrogen-bond acceptors (Lipinski definition) is 5. The number of aryl methyl sites for hydroxylation is 1. The van der Waals surface area contributed by atoms with Gasteiger partial charge in [-0.3, -0.25) is 0 Å². The summed E-state index contributed by atoms with van der Waals surface area (Å²) in [6.07, 6.45) is 1.13. The Labute approximate surface area is 104 Å². The summed E-state index contributed by atoms with van der Waals surface area (Å²) in [6.45, 7) is 6.46. The van der Waals surface area contributed by atoms with Crippen molar-refractivity contribution in [1.29, 1.82) is 0 Å². The van der Waals surface area contributed by atoms with E-state index in [1.165, 1.54) is 0 Å². The molecule has 3 rings (SSSR count). The molecule has 2 N–H and O–H groups in total. The maximum Gasteiger partial charge on any atom is 0.260 e. The molecule has 17 heavy (non-hydrogen) atoms. The van der Waals surface area contributed by atoms with E-state index in [4.69, 9.17) is 10.3 Å². The second-order valence-corrected chi connectivity index (χ2v) is 6.63. The SMILES string of the molecule is Cc1cc(-c2nc(C3CC3(C)C)no2)c(N)s1. The van der Waals surface area contributed by atoms with Crippen LogP contribution < -0.4 is 5.73 Å². The van der Waals surface area contributed by atoms with Crippen LogP contribution in [0.5, 0.6) is 0 Å². The summed E-state index contributed by atoms with van der Waals surface area (Å²) < 4.78 is 5.31. The number of nitrogen functional groups attached to an aromatic ring is 1. The minimum atomic E-state index is 0.317. The lowest BCUT2D eigenvalue weighted by Gasteiger charge is -1.95. The molecule has 1 aliphatic carbocycles. The predicted molar refractivity (Wildman–Crippen MR) is 67.9 cm³/mol. The highest BCUT2D eigenvalue weighted by atomic mass is 32.1. The first-order valence-corrected chi connectivity index (χ1v) is 6.49. The molecule has 0 spiro atoms. The van der Waals surface area contributed by atoms with Crippen molar-refractivity contribution in [3.63, 3.8) is 0 Å². The molecule has 0 saturated heterocycles. The lowest BCUT2D eigenvalue weighted by Crippen LogP contribution is -1.92. The highest BCUT2D eigenvalue weighted by molar-refractivity contribution is 7.16. The topological polar surface area (TPSA) is 64.9 Å². The summed E-state index contributed by atoms with van der Waals surface area (Å²) in [7, 11) is 0. The molecule has 2 heterocycles. The number of thiophene rings is 1. The molecule has 0 amide bonds. The van der Waals surface area contributed by atoms with Gasteiger partial charge in [-0.15, -0.1) is 11.3 Å². The van der Waals surface area contributed by atoms with E-state index in [1.54, 1.807) is 11.3 Å². The maximum atomic E-state index is 5.92. The van der Waals surface area contributed by atoms with Crippen LogP contribution in [0.2, 0.25) is 0 Å². The zero-order chi connectivity index (χ0) is 12.2. The first kappa shape index (κ1) is 10.8. The smallest absolute Gasteiger partial charge is 0.260 e. The molecule has 0 radical (unpaired) electrons. The third-order valence-electron chi connectivity index (χ3n) is 3.38. The summed E-state index contributed by atoms with van der Waals surface area (Å²) in [5.74, 6) is 1.79. The van der Waals surface area contributed by atoms with Gasteiger partial charge in [0.25, 0.3) is 5.89 Å². The standard InChI is InChI=1S/C12H15N3OS/c1-6-4-7(9(13)17-6)11-14-10(15-16-11)8-5-12(8,2)3/h4,8H,5,13H2,1-3H3. The molecule has 2 aromatic heterocycles. The quantitative estimate of drug-likeness (QED) is 0.887. The minimum absolute atomic E-state index is 0.317. The van der Waals surface area contributed by atoms with Gasteiger partial charge >= 0.3 is 0 Å². The van der Waals surface area contributed by atoms with E-state index in [2.05, 4.69) is 24.0 Å². The van der Waals surface area contributed by atoms with Gasteiger partial charge in [0.15, 0.2) is 5.82 Å². The van der Waals surface area contributed by atoms with Crippen molar-refractivity contribution in [1.82, 2.24) is 10.1 Å². The highest BCUT2D eigenvalue weighted by Crippen LogP contribution is 2.57. The molecule has 1 atom stereocenters. The minimum Gasteiger partial charge on any atom is -0.390 e. The van der Waals surface area contributed by atoms with Crippen LogP contribution in [0.1, 0.15) is 36.9 Å². The van der Waals surface area contributed by atoms with Crippen molar-refractivity contribution in [3.8, 4) is 11.5 Å². The van der Waals surface area contributed by atoms with Crippen LogP contribution in [0.4, 0.5) is 5.00 Å². The van der Waals surface area contributed by atoms with Crippen molar-refractivity contribution in [2.45, 2.75) is 33.1 Å². The van der Waals surface area contributed by atoms with Crippen molar-refractivity contribution in [3.05, 3.63) is 16.8 Å². The third-order valence-corrected chi connectivity index (χ3v) is 4.26. The number of aromatic nitrogens is 2. The van der Waals surface area contributed by atoms with Crippen LogP contribution in [0.15, 0.2) is 10.6 Å². The van der Waals surface area contributed by atoms with E-state index in [1.807, 2.05) is 13.0 Å². The van der Waals surface area contributed by atoms with Crippen LogP contribution in [0, 0.1) is 12.3 Å². The Morgan fingerprint density at radius 1 is 1.53 bits per heavy atom. The molecule has 2 aromatic rings. The van der Waals surface area contributed by atoms with Crippen molar-refractivity contribution in [2.75, 3.05) is 5.73 Å². The second-order valence-electron chi connectivity index (χ2n) is 5.34. The molecule has 0 aliphatic heterocycles. The van der Waals surface area contributed by atoms with Crippen LogP contribution >= 0.6 is 11.3 Å². The Kier molecular flexibility index (Phi) is 2.10.